The molecule has 0 bridgehead atoms. The summed E-state index contributed by atoms with van der Waals surface area (Å²) in [5.74, 6) is -0.526. The highest BCUT2D eigenvalue weighted by Gasteiger charge is 2.19. The van der Waals surface area contributed by atoms with Gasteiger partial charge in [-0.1, -0.05) is 0 Å². The Morgan fingerprint density at radius 3 is 1.59 bits per heavy atom. The molecule has 0 saturated carbocycles. The van der Waals surface area contributed by atoms with Crippen molar-refractivity contribution in [2.45, 2.75) is 12.8 Å². The monoisotopic (exact) mass is 548 g/mol. The average molecular weight is 550 g/mol. The van der Waals surface area contributed by atoms with Gasteiger partial charge in [-0.2, -0.15) is 0 Å². The van der Waals surface area contributed by atoms with Crippen LogP contribution in [0.5, 0.6) is 0 Å². The lowest BCUT2D eigenvalue weighted by molar-refractivity contribution is -0.140. The molecule has 0 aliphatic heterocycles. The van der Waals surface area contributed by atoms with Crippen LogP contribution in [0, 0.1) is 0 Å². The summed E-state index contributed by atoms with van der Waals surface area (Å²) in [6, 6.07) is 8.02. The van der Waals surface area contributed by atoms with Gasteiger partial charge in [0.25, 0.3) is 0 Å². The second-order valence-electron chi connectivity index (χ2n) is 5.48. The fraction of sp³-hybridized carbons (Fsp3) is 0.222. The largest absolute Gasteiger partial charge is 0.469 e. The molecule has 0 aliphatic rings. The molecular formula is C18H14Br2O4S3. The molecule has 0 saturated heterocycles. The fourth-order valence-corrected chi connectivity index (χ4v) is 7.14. The minimum Gasteiger partial charge on any atom is -0.469 e. The second-order valence-corrected chi connectivity index (χ2v) is 11.4. The molecule has 0 radical (unpaired) electrons. The second kappa shape index (κ2) is 9.00. The number of thiophene rings is 3. The van der Waals surface area contributed by atoms with Crippen LogP contribution >= 0.6 is 65.9 Å². The van der Waals surface area contributed by atoms with Crippen LogP contribution in [0.2, 0.25) is 0 Å². The number of esters is 2. The Kier molecular flexibility index (Phi) is 6.91. The van der Waals surface area contributed by atoms with Crippen molar-refractivity contribution in [2.24, 2.45) is 0 Å². The molecule has 9 heteroatoms. The summed E-state index contributed by atoms with van der Waals surface area (Å²) in [5.41, 5.74) is 1.88. The van der Waals surface area contributed by atoms with E-state index in [1.54, 1.807) is 34.0 Å². The van der Waals surface area contributed by atoms with Gasteiger partial charge in [0.05, 0.1) is 34.6 Å². The van der Waals surface area contributed by atoms with Gasteiger partial charge in [-0.05, 0) is 67.3 Å². The van der Waals surface area contributed by atoms with Gasteiger partial charge in [-0.25, -0.2) is 0 Å². The first kappa shape index (κ1) is 20.7. The molecule has 3 rings (SSSR count). The number of hydrogen-bond donors (Lipinski definition) is 0. The molecule has 0 aliphatic carbocycles. The Labute approximate surface area is 185 Å². The first-order valence-corrected chi connectivity index (χ1v) is 11.8. The van der Waals surface area contributed by atoms with E-state index in [2.05, 4.69) is 44.0 Å². The van der Waals surface area contributed by atoms with Crippen molar-refractivity contribution in [1.29, 1.82) is 0 Å². The van der Waals surface area contributed by atoms with E-state index < -0.39 is 0 Å². The van der Waals surface area contributed by atoms with E-state index >= 15 is 0 Å². The third-order valence-corrected chi connectivity index (χ3v) is 8.54. The van der Waals surface area contributed by atoms with Crippen LogP contribution in [0.4, 0.5) is 0 Å². The van der Waals surface area contributed by atoms with Gasteiger partial charge in [0.2, 0.25) is 0 Å². The van der Waals surface area contributed by atoms with E-state index in [4.69, 9.17) is 9.47 Å². The van der Waals surface area contributed by atoms with Crippen molar-refractivity contribution in [1.82, 2.24) is 0 Å². The zero-order valence-corrected chi connectivity index (χ0v) is 20.0. The highest BCUT2D eigenvalue weighted by molar-refractivity contribution is 9.11. The summed E-state index contributed by atoms with van der Waals surface area (Å²) >= 11 is 11.8. The Morgan fingerprint density at radius 1 is 0.815 bits per heavy atom. The first-order chi connectivity index (χ1) is 12.9. The highest BCUT2D eigenvalue weighted by Crippen LogP contribution is 2.45. The third-order valence-electron chi connectivity index (χ3n) is 3.74. The molecule has 0 amide bonds. The zero-order chi connectivity index (χ0) is 19.6. The molecule has 4 nitrogen and oxygen atoms in total. The van der Waals surface area contributed by atoms with Crippen LogP contribution in [-0.4, -0.2) is 26.2 Å². The summed E-state index contributed by atoms with van der Waals surface area (Å²) in [6.45, 7) is 0. The summed E-state index contributed by atoms with van der Waals surface area (Å²) in [6.07, 6.45) is 0.471. The summed E-state index contributed by atoms with van der Waals surface area (Å²) in [7, 11) is 2.79. The van der Waals surface area contributed by atoms with Crippen LogP contribution in [0.15, 0.2) is 31.8 Å². The number of halogens is 2. The van der Waals surface area contributed by atoms with Crippen molar-refractivity contribution in [3.63, 3.8) is 0 Å². The quantitative estimate of drug-likeness (QED) is 0.345. The number of carbonyl (C=O) groups excluding carboxylic acids is 2. The van der Waals surface area contributed by atoms with Crippen molar-refractivity contribution in [2.75, 3.05) is 14.2 Å². The summed E-state index contributed by atoms with van der Waals surface area (Å²) in [5, 5.41) is 0. The molecule has 142 valence electrons. The third kappa shape index (κ3) is 4.89. The maximum atomic E-state index is 11.7. The Bertz CT molecular complexity index is 910. The maximum Gasteiger partial charge on any atom is 0.310 e. The van der Waals surface area contributed by atoms with Crippen LogP contribution in [-0.2, 0) is 31.9 Å². The molecule has 27 heavy (non-hydrogen) atoms. The van der Waals surface area contributed by atoms with Gasteiger partial charge in [0.15, 0.2) is 0 Å². The summed E-state index contributed by atoms with van der Waals surface area (Å²) < 4.78 is 11.5. The molecule has 0 unspecified atom stereocenters. The molecule has 0 N–H and O–H groups in total. The fourth-order valence-electron chi connectivity index (χ4n) is 2.51. The van der Waals surface area contributed by atoms with Crippen LogP contribution in [0.25, 0.3) is 19.5 Å². The molecule has 0 atom stereocenters. The number of ether oxygens (including phenoxy) is 2. The van der Waals surface area contributed by atoms with Gasteiger partial charge in [-0.15, -0.1) is 34.0 Å². The first-order valence-electron chi connectivity index (χ1n) is 7.72. The number of hydrogen-bond acceptors (Lipinski definition) is 7. The molecule has 3 heterocycles. The van der Waals surface area contributed by atoms with Gasteiger partial charge in [-0.3, -0.25) is 9.59 Å². The van der Waals surface area contributed by atoms with Crippen LogP contribution in [0.3, 0.4) is 0 Å². The predicted octanol–water partition coefficient (Wildman–Crippen LogP) is 6.16. The predicted molar refractivity (Wildman–Crippen MR) is 118 cm³/mol. The molecule has 0 spiro atoms. The lowest BCUT2D eigenvalue weighted by Crippen LogP contribution is -2.04. The van der Waals surface area contributed by atoms with Gasteiger partial charge in [0, 0.05) is 19.5 Å². The van der Waals surface area contributed by atoms with Gasteiger partial charge >= 0.3 is 11.9 Å². The van der Waals surface area contributed by atoms with E-state index in [0.29, 0.717) is 0 Å². The van der Waals surface area contributed by atoms with E-state index in [1.165, 1.54) is 14.2 Å². The van der Waals surface area contributed by atoms with E-state index in [-0.39, 0.29) is 24.8 Å². The lowest BCUT2D eigenvalue weighted by atomic mass is 10.1. The van der Waals surface area contributed by atoms with E-state index in [9.17, 15) is 9.59 Å². The minimum atomic E-state index is -0.263. The summed E-state index contributed by atoms with van der Waals surface area (Å²) in [4.78, 5) is 27.7. The molecule has 0 aromatic carbocycles. The van der Waals surface area contributed by atoms with Crippen LogP contribution in [0.1, 0.15) is 11.1 Å². The topological polar surface area (TPSA) is 52.6 Å². The highest BCUT2D eigenvalue weighted by atomic mass is 79.9. The SMILES string of the molecule is COC(=O)Cc1cc(Br)sc1-c1ccc(-c2sc(Br)cc2CC(=O)OC)s1. The molecule has 3 aromatic rings. The average Bonchev–Trinajstić information content (AvgIpc) is 3.33. The zero-order valence-electron chi connectivity index (χ0n) is 14.3. The van der Waals surface area contributed by atoms with Crippen molar-refractivity contribution >= 4 is 77.8 Å². The lowest BCUT2D eigenvalue weighted by Gasteiger charge is -2.01. The number of rotatable bonds is 6. The van der Waals surface area contributed by atoms with Crippen LogP contribution < -0.4 is 0 Å². The Hall–Kier alpha value is -1.00. The van der Waals surface area contributed by atoms with Gasteiger partial charge < -0.3 is 9.47 Å². The molecule has 0 fully saturated rings. The van der Waals surface area contributed by atoms with Crippen molar-refractivity contribution < 1.29 is 19.1 Å². The molecule has 3 aromatic heterocycles. The van der Waals surface area contributed by atoms with E-state index in [1.807, 2.05) is 12.1 Å². The van der Waals surface area contributed by atoms with E-state index in [0.717, 1.165) is 38.2 Å². The standard InChI is InChI=1S/C18H14Br2O4S3/c1-23-15(21)7-9-5-13(19)26-17(9)11-3-4-12(25-11)18-10(6-14(20)27-18)8-16(22)24-2/h3-6H,7-8H2,1-2H3. The van der Waals surface area contributed by atoms with Gasteiger partial charge in [0.1, 0.15) is 0 Å². The molecular weight excluding hydrogens is 536 g/mol. The normalized spacial score (nSPS) is 10.8. The smallest absolute Gasteiger partial charge is 0.310 e. The van der Waals surface area contributed by atoms with Crippen molar-refractivity contribution in [3.8, 4) is 19.5 Å². The minimum absolute atomic E-state index is 0.235. The number of methoxy groups -OCH3 is 2. The number of carbonyl (C=O) groups is 2. The maximum absolute atomic E-state index is 11.7. The van der Waals surface area contributed by atoms with Crippen molar-refractivity contribution in [3.05, 3.63) is 43.0 Å². The Morgan fingerprint density at radius 2 is 1.22 bits per heavy atom. The Balaban J connectivity index is 1.95.